The number of benzene rings is 7. The van der Waals surface area contributed by atoms with Gasteiger partial charge in [-0.05, 0) is 83.4 Å². The molecule has 0 saturated heterocycles. The predicted molar refractivity (Wildman–Crippen MR) is 300 cm³/mol. The zero-order valence-corrected chi connectivity index (χ0v) is 46.1. The van der Waals surface area contributed by atoms with E-state index < -0.39 is 163 Å². The molecule has 2 aromatic heterocycles. The number of aromatic hydroxyl groups is 1. The van der Waals surface area contributed by atoms with Crippen LogP contribution in [0.3, 0.4) is 0 Å². The van der Waals surface area contributed by atoms with Gasteiger partial charge in [0.15, 0.2) is 17.3 Å². The molecule has 7 aromatic carbocycles. The zero-order valence-electron chi connectivity index (χ0n) is 41.9. The zero-order chi connectivity index (χ0) is 61.4. The molecule has 0 fully saturated rings. The lowest BCUT2D eigenvalue weighted by Crippen LogP contribution is -2.24. The number of hydrogen-bond donors (Lipinski definition) is 12. The van der Waals surface area contributed by atoms with Crippen LogP contribution in [0.25, 0.3) is 33.2 Å². The van der Waals surface area contributed by atoms with Gasteiger partial charge in [0.05, 0.1) is 49.7 Å². The predicted octanol–water partition coefficient (Wildman–Crippen LogP) is 7.22. The van der Waals surface area contributed by atoms with Crippen molar-refractivity contribution in [2.75, 3.05) is 16.0 Å². The van der Waals surface area contributed by atoms with E-state index in [1.165, 1.54) is 66.7 Å². The molecule has 9 aromatic rings. The number of H-pyrrole nitrogens is 1. The van der Waals surface area contributed by atoms with Crippen LogP contribution in [-0.2, 0) is 40.5 Å². The highest BCUT2D eigenvalue weighted by Crippen LogP contribution is 2.49. The largest absolute Gasteiger partial charge is 0.479 e. The van der Waals surface area contributed by atoms with E-state index in [1.54, 1.807) is 0 Å². The smallest absolute Gasteiger partial charge is 0.335 e. The second kappa shape index (κ2) is 21.3. The highest BCUT2D eigenvalue weighted by Gasteiger charge is 2.36. The number of carboxylic acids is 2. The van der Waals surface area contributed by atoms with Crippen LogP contribution in [0.15, 0.2) is 157 Å². The minimum absolute atomic E-state index is 0.0142. The van der Waals surface area contributed by atoms with Gasteiger partial charge in [0.25, 0.3) is 46.0 Å². The highest BCUT2D eigenvalue weighted by molar-refractivity contribution is 7.87. The third-order valence-corrected chi connectivity index (χ3v) is 16.5. The van der Waals surface area contributed by atoms with Gasteiger partial charge in [-0.25, -0.2) is 9.59 Å². The number of carboxylic acid groups (broad SMARTS) is 2. The monoisotopic (exact) mass is 1250 g/mol. The number of carbonyl (C=O) groups excluding carboxylic acids is 2. The molecule has 0 radical (unpaired) electrons. The number of rotatable bonds is 17. The van der Waals surface area contributed by atoms with Crippen molar-refractivity contribution >= 4 is 122 Å². The number of fused-ring (bicyclic) bond motifs is 2. The molecule has 0 unspecified atom stereocenters. The van der Waals surface area contributed by atoms with Crippen molar-refractivity contribution in [3.8, 4) is 39.8 Å². The number of aromatic amines is 1. The van der Waals surface area contributed by atoms with Gasteiger partial charge >= 0.3 is 17.9 Å². The van der Waals surface area contributed by atoms with E-state index in [0.717, 1.165) is 48.5 Å². The molecule has 0 aliphatic heterocycles. The number of pyridine rings is 1. The lowest BCUT2D eigenvalue weighted by molar-refractivity contribution is 0.0696. The number of thiol groups is 1. The summed E-state index contributed by atoms with van der Waals surface area (Å²) in [5, 5.41) is 36.8. The maximum atomic E-state index is 15.1. The first-order valence-electron chi connectivity index (χ1n) is 23.5. The van der Waals surface area contributed by atoms with E-state index in [1.807, 2.05) is 0 Å². The molecule has 0 spiro atoms. The summed E-state index contributed by atoms with van der Waals surface area (Å²) in [6.45, 7) is 0. The summed E-state index contributed by atoms with van der Waals surface area (Å²) in [5.74, 6) is -7.79. The molecule has 0 atom stereocenters. The summed E-state index contributed by atoms with van der Waals surface area (Å²) in [6, 6.07) is 22.2. The number of nitrogens with one attached hydrogen (secondary N) is 4. The summed E-state index contributed by atoms with van der Waals surface area (Å²) in [4.78, 5) is 78.0. The second-order valence-electron chi connectivity index (χ2n) is 18.1. The van der Waals surface area contributed by atoms with Crippen molar-refractivity contribution in [1.29, 1.82) is 0 Å². The average molecular weight is 1250 g/mol. The Labute approximate surface area is 481 Å². The van der Waals surface area contributed by atoms with Crippen LogP contribution in [0.4, 0.5) is 34.6 Å². The van der Waals surface area contributed by atoms with Gasteiger partial charge in [0, 0.05) is 38.7 Å². The van der Waals surface area contributed by atoms with Crippen molar-refractivity contribution < 1.29 is 91.1 Å². The molecule has 10 rings (SSSR count). The van der Waals surface area contributed by atoms with Crippen LogP contribution in [0, 0.1) is 0 Å². The quantitative estimate of drug-likeness (QED) is 0.0243. The highest BCUT2D eigenvalue weighted by atomic mass is 32.2. The third kappa shape index (κ3) is 11.6. The Balaban J connectivity index is 1.21. The topological polar surface area (TPSA) is 463 Å². The number of ketones is 2. The molecule has 0 bridgehead atoms. The molecule has 0 saturated carbocycles. The van der Waals surface area contributed by atoms with Crippen LogP contribution in [0.5, 0.6) is 17.5 Å². The Morgan fingerprint density at radius 2 is 1.12 bits per heavy atom. The van der Waals surface area contributed by atoms with Crippen molar-refractivity contribution in [1.82, 2.24) is 19.9 Å². The Kier molecular flexibility index (Phi) is 14.6. The van der Waals surface area contributed by atoms with Crippen LogP contribution in [0.1, 0.15) is 52.6 Å². The molecule has 85 heavy (non-hydrogen) atoms. The molecule has 1 aliphatic rings. The maximum absolute atomic E-state index is 15.1. The molecule has 33 heteroatoms. The molecule has 0 amide bonds. The van der Waals surface area contributed by atoms with Gasteiger partial charge < -0.3 is 41.0 Å². The van der Waals surface area contributed by atoms with Crippen LogP contribution in [0.2, 0.25) is 0 Å². The third-order valence-electron chi connectivity index (χ3n) is 12.6. The number of aromatic nitrogens is 4. The average Bonchev–Trinajstić information content (AvgIpc) is 0.783. The SMILES string of the molecule is O=C(O)c1cc(Nc2nc(O)nc(Nc3cc(Nc4cc(Oc5ccc(-c6ccc(S(=O)(=O)O)cc6)cc5S(=O)(=O)O)c5[nH]c(=O)c(C(=O)c6cccc(S)c6)c6c5c4C(=O)c4ccccc4-6)c(S(=O)(=O)O)cc3S(=O)(=O)O)n2)cc(C(=O)O)c1. The minimum Gasteiger partial charge on any atom is -0.479 e. The van der Waals surface area contributed by atoms with Gasteiger partial charge in [-0.2, -0.15) is 48.6 Å². The van der Waals surface area contributed by atoms with E-state index in [9.17, 15) is 86.4 Å². The Morgan fingerprint density at radius 3 is 1.71 bits per heavy atom. The molecule has 432 valence electrons. The Bertz CT molecular complexity index is 4970. The number of anilines is 6. The number of nitrogens with zero attached hydrogens (tertiary/aromatic N) is 3. The van der Waals surface area contributed by atoms with Gasteiger partial charge in [-0.15, -0.1) is 12.6 Å². The number of hydrogen-bond acceptors (Lipinski definition) is 22. The van der Waals surface area contributed by atoms with E-state index >= 15 is 4.79 Å². The van der Waals surface area contributed by atoms with Crippen molar-refractivity contribution in [3.05, 3.63) is 171 Å². The van der Waals surface area contributed by atoms with Gasteiger partial charge in [-0.1, -0.05) is 54.6 Å². The summed E-state index contributed by atoms with van der Waals surface area (Å²) in [6.07, 6.45) is 0. The first kappa shape index (κ1) is 58.2. The molecular weight excluding hydrogens is 1220 g/mol. The van der Waals surface area contributed by atoms with Crippen molar-refractivity contribution in [3.63, 3.8) is 0 Å². The fourth-order valence-corrected chi connectivity index (χ4v) is 11.8. The van der Waals surface area contributed by atoms with Crippen LogP contribution in [-0.4, -0.2) is 111 Å². The lowest BCUT2D eigenvalue weighted by atomic mass is 9.80. The fraction of sp³-hybridized carbons (Fsp3) is 0. The number of ether oxygens (including phenoxy) is 1. The van der Waals surface area contributed by atoms with Gasteiger partial charge in [0.1, 0.15) is 20.4 Å². The lowest BCUT2D eigenvalue weighted by Gasteiger charge is -2.26. The maximum Gasteiger partial charge on any atom is 0.335 e. The van der Waals surface area contributed by atoms with Crippen LogP contribution >= 0.6 is 12.6 Å². The molecule has 2 heterocycles. The molecular formula is C52H33N7O21S5. The van der Waals surface area contributed by atoms with E-state index in [0.29, 0.717) is 6.07 Å². The Morgan fingerprint density at radius 1 is 0.529 bits per heavy atom. The summed E-state index contributed by atoms with van der Waals surface area (Å²) >= 11 is 4.33. The van der Waals surface area contributed by atoms with Crippen LogP contribution < -0.4 is 26.2 Å². The van der Waals surface area contributed by atoms with E-state index in [-0.39, 0.29) is 55.4 Å². The number of aromatic carboxylic acids is 2. The summed E-state index contributed by atoms with van der Waals surface area (Å²) in [7, 11) is -21.3. The first-order chi connectivity index (χ1) is 39.8. The van der Waals surface area contributed by atoms with E-state index in [2.05, 4.69) is 48.5 Å². The van der Waals surface area contributed by atoms with Gasteiger partial charge in [0.2, 0.25) is 11.9 Å². The van der Waals surface area contributed by atoms with Crippen molar-refractivity contribution in [2.24, 2.45) is 0 Å². The minimum atomic E-state index is -5.68. The fourth-order valence-electron chi connectivity index (χ4n) is 9.09. The molecule has 28 nitrogen and oxygen atoms in total. The molecule has 1 aliphatic carbocycles. The number of carbonyl (C=O) groups is 4. The Hall–Kier alpha value is -9.97. The summed E-state index contributed by atoms with van der Waals surface area (Å²) < 4.78 is 151. The van der Waals surface area contributed by atoms with E-state index in [4.69, 9.17) is 4.74 Å². The molecule has 11 N–H and O–H groups in total. The standard InChI is InChI=1S/C52H33N7O21S5/c60-45(24-4-3-5-28(81)17-24)43-40-30-6-1-2-7-31(30)46(61)41-34(20-36(44(42(40)41)56-47(43)62)80-35-13-10-23(18-39(35)85(77,78)79)22-8-11-29(12-9-22)82(68,69)70)54-32-19-33(38(84(74,75)76)21-37(32)83(71,72)73)55-51-57-50(58-52(67)59-51)53-27-15-25(48(63)64)14-26(16-27)49(65)66/h1-21,54,81H,(H,56,62)(H,63,64)(H,65,66)(H,68,69,70)(H,71,72,73)(H,74,75,76)(H,77,78,79)(H3,53,55,57,58,59,67). The second-order valence-corrected chi connectivity index (χ2v) is 24.2. The first-order valence-corrected chi connectivity index (χ1v) is 29.7. The van der Waals surface area contributed by atoms with Gasteiger partial charge in [-0.3, -0.25) is 32.6 Å². The normalized spacial score (nSPS) is 12.3. The van der Waals surface area contributed by atoms with Crippen molar-refractivity contribution in [2.45, 2.75) is 24.5 Å². The summed E-state index contributed by atoms with van der Waals surface area (Å²) in [5.41, 5.74) is -6.69.